The first-order valence-corrected chi connectivity index (χ1v) is 24.5. The second kappa shape index (κ2) is 16.0. The van der Waals surface area contributed by atoms with E-state index in [-0.39, 0.29) is 0 Å². The van der Waals surface area contributed by atoms with E-state index in [1.165, 1.54) is 125 Å². The highest BCUT2D eigenvalue weighted by Crippen LogP contribution is 2.42. The van der Waals surface area contributed by atoms with Gasteiger partial charge < -0.3 is 9.13 Å². The molecular weight excluding hydrogens is 853 g/mol. The standard InChI is InChI=1S/C66H42N2S/c1-4-15-43(16-5-1)47-27-31-63-58(39-47)59-41-49(48-28-32-62-57(40-48)55-23-10-12-25-61(55)68(62)54-30-34-66-60(42-54)56-24-11-13-26-65(56)69-66)29-33-64(59)67(63)53-22-14-21-46(38-53)52-36-50(44-17-6-2-7-18-44)35-51(37-52)45-19-8-3-9-20-45/h1-42H. The third-order valence-electron chi connectivity index (χ3n) is 14.1. The van der Waals surface area contributed by atoms with Crippen LogP contribution >= 0.6 is 11.3 Å². The average Bonchev–Trinajstić information content (AvgIpc) is 4.08. The summed E-state index contributed by atoms with van der Waals surface area (Å²) < 4.78 is 7.53. The third-order valence-corrected chi connectivity index (χ3v) is 15.2. The second-order valence-electron chi connectivity index (χ2n) is 18.1. The molecule has 0 amide bonds. The van der Waals surface area contributed by atoms with Gasteiger partial charge in [-0.05, 0) is 153 Å². The van der Waals surface area contributed by atoms with E-state index in [2.05, 4.69) is 264 Å². The topological polar surface area (TPSA) is 9.86 Å². The summed E-state index contributed by atoms with van der Waals surface area (Å²) in [6, 6.07) is 93.8. The lowest BCUT2D eigenvalue weighted by Crippen LogP contribution is -1.95. The molecule has 0 saturated carbocycles. The number of nitrogens with zero attached hydrogens (tertiary/aromatic N) is 2. The third kappa shape index (κ3) is 6.62. The molecule has 0 spiro atoms. The van der Waals surface area contributed by atoms with Crippen molar-refractivity contribution in [2.24, 2.45) is 0 Å². The first-order valence-electron chi connectivity index (χ1n) is 23.6. The maximum Gasteiger partial charge on any atom is 0.0541 e. The summed E-state index contributed by atoms with van der Waals surface area (Å²) >= 11 is 1.86. The molecule has 3 heterocycles. The van der Waals surface area contributed by atoms with Crippen LogP contribution < -0.4 is 0 Å². The van der Waals surface area contributed by atoms with Crippen molar-refractivity contribution >= 4 is 75.1 Å². The fourth-order valence-electron chi connectivity index (χ4n) is 10.8. The monoisotopic (exact) mass is 894 g/mol. The molecular formula is C66H42N2S. The van der Waals surface area contributed by atoms with E-state index in [4.69, 9.17) is 0 Å². The van der Waals surface area contributed by atoms with Gasteiger partial charge in [0.25, 0.3) is 0 Å². The predicted molar refractivity (Wildman–Crippen MR) is 295 cm³/mol. The van der Waals surface area contributed by atoms with Gasteiger partial charge in [-0.15, -0.1) is 11.3 Å². The van der Waals surface area contributed by atoms with Crippen LogP contribution in [0, 0.1) is 0 Å². The smallest absolute Gasteiger partial charge is 0.0541 e. The summed E-state index contributed by atoms with van der Waals surface area (Å²) in [7, 11) is 0. The maximum absolute atomic E-state index is 2.45. The van der Waals surface area contributed by atoms with Gasteiger partial charge in [0, 0.05) is 53.1 Å². The molecule has 0 N–H and O–H groups in total. The van der Waals surface area contributed by atoms with Crippen LogP contribution in [-0.2, 0) is 0 Å². The fourth-order valence-corrected chi connectivity index (χ4v) is 11.9. The Morgan fingerprint density at radius 1 is 0.203 bits per heavy atom. The largest absolute Gasteiger partial charge is 0.309 e. The van der Waals surface area contributed by atoms with Crippen molar-refractivity contribution in [3.05, 3.63) is 255 Å². The van der Waals surface area contributed by atoms with Crippen LogP contribution in [0.1, 0.15) is 0 Å². The lowest BCUT2D eigenvalue weighted by molar-refractivity contribution is 1.18. The minimum Gasteiger partial charge on any atom is -0.309 e. The molecule has 69 heavy (non-hydrogen) atoms. The summed E-state index contributed by atoms with van der Waals surface area (Å²) in [4.78, 5) is 0. The van der Waals surface area contributed by atoms with Crippen molar-refractivity contribution in [1.29, 1.82) is 0 Å². The number of hydrogen-bond donors (Lipinski definition) is 0. The number of rotatable bonds is 7. The molecule has 3 aromatic heterocycles. The first-order chi connectivity index (χ1) is 34.2. The Bertz CT molecular complexity index is 4230. The van der Waals surface area contributed by atoms with E-state index in [1.807, 2.05) is 11.3 Å². The van der Waals surface area contributed by atoms with E-state index in [9.17, 15) is 0 Å². The van der Waals surface area contributed by atoms with Crippen LogP contribution in [0.4, 0.5) is 0 Å². The molecule has 0 saturated heterocycles. The van der Waals surface area contributed by atoms with E-state index in [0.29, 0.717) is 0 Å². The quantitative estimate of drug-likeness (QED) is 0.151. The summed E-state index contributed by atoms with van der Waals surface area (Å²) in [6.45, 7) is 0. The van der Waals surface area contributed by atoms with Gasteiger partial charge >= 0.3 is 0 Å². The van der Waals surface area contributed by atoms with Crippen LogP contribution in [0.15, 0.2) is 255 Å². The number of para-hydroxylation sites is 1. The van der Waals surface area contributed by atoms with Gasteiger partial charge in [0.2, 0.25) is 0 Å². The van der Waals surface area contributed by atoms with Crippen molar-refractivity contribution in [1.82, 2.24) is 9.13 Å². The van der Waals surface area contributed by atoms with Crippen molar-refractivity contribution in [2.45, 2.75) is 0 Å². The SMILES string of the molecule is c1ccc(-c2cc(-c3ccccc3)cc(-c3cccc(-n4c5ccc(-c6ccccc6)cc5c5cc(-c6ccc7c(c6)c6ccccc6n7-c6ccc7sc8ccccc8c7c6)ccc54)c3)c2)cc1. The Balaban J connectivity index is 0.928. The minimum atomic E-state index is 1.13. The Morgan fingerprint density at radius 3 is 1.20 bits per heavy atom. The van der Waals surface area contributed by atoms with E-state index in [1.54, 1.807) is 0 Å². The molecule has 0 radical (unpaired) electrons. The lowest BCUT2D eigenvalue weighted by atomic mass is 9.93. The number of benzene rings is 11. The van der Waals surface area contributed by atoms with Crippen molar-refractivity contribution in [3.8, 4) is 67.0 Å². The molecule has 2 nitrogen and oxygen atoms in total. The van der Waals surface area contributed by atoms with Gasteiger partial charge in [-0.2, -0.15) is 0 Å². The fraction of sp³-hybridized carbons (Fsp3) is 0. The predicted octanol–water partition coefficient (Wildman–Crippen LogP) is 18.6. The number of thiophene rings is 1. The highest BCUT2D eigenvalue weighted by molar-refractivity contribution is 7.25. The van der Waals surface area contributed by atoms with Crippen LogP contribution in [0.5, 0.6) is 0 Å². The highest BCUT2D eigenvalue weighted by Gasteiger charge is 2.19. The molecule has 0 aliphatic rings. The molecule has 14 aromatic rings. The van der Waals surface area contributed by atoms with Gasteiger partial charge in [-0.25, -0.2) is 0 Å². The van der Waals surface area contributed by atoms with E-state index >= 15 is 0 Å². The Kier molecular flexibility index (Phi) is 9.11. The van der Waals surface area contributed by atoms with Crippen LogP contribution in [0.25, 0.3) is 131 Å². The summed E-state index contributed by atoms with van der Waals surface area (Å²) in [5, 5.41) is 7.57. The number of fused-ring (bicyclic) bond motifs is 9. The number of aromatic nitrogens is 2. The van der Waals surface area contributed by atoms with Gasteiger partial charge in [0.05, 0.1) is 22.1 Å². The molecule has 0 fully saturated rings. The average molecular weight is 895 g/mol. The van der Waals surface area contributed by atoms with Crippen LogP contribution in [0.2, 0.25) is 0 Å². The normalized spacial score (nSPS) is 11.8. The zero-order chi connectivity index (χ0) is 45.4. The minimum absolute atomic E-state index is 1.13. The van der Waals surface area contributed by atoms with Crippen molar-refractivity contribution < 1.29 is 0 Å². The summed E-state index contributed by atoms with van der Waals surface area (Å²) in [5.74, 6) is 0. The van der Waals surface area contributed by atoms with Gasteiger partial charge in [-0.3, -0.25) is 0 Å². The Hall–Kier alpha value is -8.76. The zero-order valence-electron chi connectivity index (χ0n) is 37.6. The maximum atomic E-state index is 2.45. The molecule has 0 unspecified atom stereocenters. The van der Waals surface area contributed by atoms with Gasteiger partial charge in [-0.1, -0.05) is 158 Å². The number of hydrogen-bond acceptors (Lipinski definition) is 1. The van der Waals surface area contributed by atoms with Gasteiger partial charge in [0.1, 0.15) is 0 Å². The van der Waals surface area contributed by atoms with Crippen LogP contribution in [0.3, 0.4) is 0 Å². The molecule has 14 rings (SSSR count). The first kappa shape index (κ1) is 39.4. The molecule has 0 atom stereocenters. The van der Waals surface area contributed by atoms with Crippen molar-refractivity contribution in [2.75, 3.05) is 0 Å². The van der Waals surface area contributed by atoms with Crippen molar-refractivity contribution in [3.63, 3.8) is 0 Å². The zero-order valence-corrected chi connectivity index (χ0v) is 38.4. The molecule has 0 bridgehead atoms. The van der Waals surface area contributed by atoms with Gasteiger partial charge in [0.15, 0.2) is 0 Å². The Morgan fingerprint density at radius 2 is 0.609 bits per heavy atom. The summed E-state index contributed by atoms with van der Waals surface area (Å²) in [5.41, 5.74) is 19.0. The summed E-state index contributed by atoms with van der Waals surface area (Å²) in [6.07, 6.45) is 0. The molecule has 11 aromatic carbocycles. The second-order valence-corrected chi connectivity index (χ2v) is 19.2. The molecule has 322 valence electrons. The molecule has 0 aliphatic heterocycles. The van der Waals surface area contributed by atoms with Crippen LogP contribution in [-0.4, -0.2) is 9.13 Å². The Labute approximate surface area is 403 Å². The highest BCUT2D eigenvalue weighted by atomic mass is 32.1. The molecule has 3 heteroatoms. The van der Waals surface area contributed by atoms with E-state index in [0.717, 1.165) is 5.69 Å². The molecule has 0 aliphatic carbocycles. The lowest BCUT2D eigenvalue weighted by Gasteiger charge is -2.14. The van der Waals surface area contributed by atoms with E-state index < -0.39 is 0 Å².